The number of azo groups is 1. The molecule has 3 aromatic rings. The molecule has 0 amide bonds. The van der Waals surface area contributed by atoms with Gasteiger partial charge in [0.05, 0.1) is 19.7 Å². The SMILES string of the molecule is COc1ccc(NC(=S)N=Nc2c(O)[nH]c3c(C)cccc23)cc1OC. The Balaban J connectivity index is 1.81. The van der Waals surface area contributed by atoms with Gasteiger partial charge in [0.2, 0.25) is 11.0 Å². The lowest BCUT2D eigenvalue weighted by molar-refractivity contribution is 0.355. The summed E-state index contributed by atoms with van der Waals surface area (Å²) < 4.78 is 10.5. The number of hydrogen-bond acceptors (Lipinski definition) is 5. The topological polar surface area (TPSA) is 91.2 Å². The molecule has 0 atom stereocenters. The summed E-state index contributed by atoms with van der Waals surface area (Å²) in [6, 6.07) is 11.0. The average molecular weight is 370 g/mol. The fourth-order valence-corrected chi connectivity index (χ4v) is 2.75. The van der Waals surface area contributed by atoms with Crippen LogP contribution in [0, 0.1) is 6.92 Å². The quantitative estimate of drug-likeness (QED) is 0.458. The number of ether oxygens (including phenoxy) is 2. The van der Waals surface area contributed by atoms with Crippen LogP contribution in [0.4, 0.5) is 11.4 Å². The molecule has 0 spiro atoms. The largest absolute Gasteiger partial charge is 0.493 e. The van der Waals surface area contributed by atoms with E-state index in [1.807, 2.05) is 25.1 Å². The van der Waals surface area contributed by atoms with Gasteiger partial charge in [0, 0.05) is 17.1 Å². The summed E-state index contributed by atoms with van der Waals surface area (Å²) in [5, 5.41) is 22.1. The molecule has 3 N–H and O–H groups in total. The number of aromatic hydroxyl groups is 1. The molecule has 0 aliphatic heterocycles. The third-order valence-corrected chi connectivity index (χ3v) is 4.05. The van der Waals surface area contributed by atoms with Crippen molar-refractivity contribution in [3.05, 3.63) is 42.0 Å². The van der Waals surface area contributed by atoms with Gasteiger partial charge in [0.15, 0.2) is 17.2 Å². The van der Waals surface area contributed by atoms with Crippen LogP contribution in [0.2, 0.25) is 0 Å². The summed E-state index contributed by atoms with van der Waals surface area (Å²) in [5.41, 5.74) is 2.86. The molecule has 0 radical (unpaired) electrons. The Morgan fingerprint density at radius 1 is 1.15 bits per heavy atom. The predicted octanol–water partition coefficient (Wildman–Crippen LogP) is 4.68. The van der Waals surface area contributed by atoms with Crippen molar-refractivity contribution >= 4 is 39.6 Å². The lowest BCUT2D eigenvalue weighted by Gasteiger charge is -2.09. The van der Waals surface area contributed by atoms with E-state index in [-0.39, 0.29) is 11.0 Å². The van der Waals surface area contributed by atoms with Crippen LogP contribution in [0.15, 0.2) is 46.6 Å². The van der Waals surface area contributed by atoms with Crippen molar-refractivity contribution in [1.82, 2.24) is 4.98 Å². The highest BCUT2D eigenvalue weighted by atomic mass is 32.1. The van der Waals surface area contributed by atoms with Gasteiger partial charge in [0.1, 0.15) is 0 Å². The van der Waals surface area contributed by atoms with E-state index in [4.69, 9.17) is 21.7 Å². The maximum Gasteiger partial charge on any atom is 0.218 e. The molecular weight excluding hydrogens is 352 g/mol. The molecule has 0 unspecified atom stereocenters. The molecular formula is C18H18N4O3S. The normalized spacial score (nSPS) is 11.0. The Labute approximate surface area is 155 Å². The van der Waals surface area contributed by atoms with Gasteiger partial charge in [0.25, 0.3) is 0 Å². The predicted molar refractivity (Wildman–Crippen MR) is 105 cm³/mol. The molecule has 0 saturated heterocycles. The fraction of sp³-hybridized carbons (Fsp3) is 0.167. The van der Waals surface area contributed by atoms with Crippen LogP contribution in [0.5, 0.6) is 17.4 Å². The summed E-state index contributed by atoms with van der Waals surface area (Å²) in [4.78, 5) is 2.90. The Morgan fingerprint density at radius 3 is 2.65 bits per heavy atom. The van der Waals surface area contributed by atoms with Crippen LogP contribution >= 0.6 is 12.2 Å². The standard InChI is InChI=1S/C18H18N4O3S/c1-10-5-4-6-12-15(10)20-17(23)16(12)21-22-18(26)19-11-7-8-13(24-2)14(9-11)25-3/h4-9,20,23H,1-3H3,(H,19,26). The number of nitrogens with one attached hydrogen (secondary N) is 2. The third-order valence-electron chi connectivity index (χ3n) is 3.87. The van der Waals surface area contributed by atoms with Crippen LogP contribution in [-0.2, 0) is 0 Å². The van der Waals surface area contributed by atoms with Crippen molar-refractivity contribution in [2.45, 2.75) is 6.92 Å². The molecule has 7 nitrogen and oxygen atoms in total. The highest BCUT2D eigenvalue weighted by Gasteiger charge is 2.12. The van der Waals surface area contributed by atoms with Gasteiger partial charge in [-0.2, -0.15) is 0 Å². The first-order valence-electron chi connectivity index (χ1n) is 7.78. The number of anilines is 1. The molecule has 0 bridgehead atoms. The van der Waals surface area contributed by atoms with E-state index in [0.717, 1.165) is 16.5 Å². The smallest absolute Gasteiger partial charge is 0.218 e. The third kappa shape index (κ3) is 3.45. The maximum absolute atomic E-state index is 10.1. The van der Waals surface area contributed by atoms with E-state index in [9.17, 15) is 5.11 Å². The summed E-state index contributed by atoms with van der Waals surface area (Å²) in [7, 11) is 3.13. The minimum absolute atomic E-state index is 0.0491. The van der Waals surface area contributed by atoms with E-state index in [1.54, 1.807) is 32.4 Å². The van der Waals surface area contributed by atoms with Crippen molar-refractivity contribution in [3.8, 4) is 17.4 Å². The molecule has 0 saturated carbocycles. The van der Waals surface area contributed by atoms with Crippen molar-refractivity contribution < 1.29 is 14.6 Å². The summed E-state index contributed by atoms with van der Waals surface area (Å²) in [5.74, 6) is 1.14. The number of H-pyrrole nitrogens is 1. The van der Waals surface area contributed by atoms with Crippen LogP contribution in [0.1, 0.15) is 5.56 Å². The van der Waals surface area contributed by atoms with Gasteiger partial charge < -0.3 is 24.9 Å². The first-order valence-corrected chi connectivity index (χ1v) is 8.19. The Bertz CT molecular complexity index is 998. The number of nitrogens with zero attached hydrogens (tertiary/aromatic N) is 2. The van der Waals surface area contributed by atoms with Crippen LogP contribution in [0.25, 0.3) is 10.9 Å². The lowest BCUT2D eigenvalue weighted by Crippen LogP contribution is -2.05. The van der Waals surface area contributed by atoms with Crippen LogP contribution in [-0.4, -0.2) is 29.4 Å². The highest BCUT2D eigenvalue weighted by Crippen LogP contribution is 2.36. The van der Waals surface area contributed by atoms with E-state index in [1.165, 1.54) is 0 Å². The van der Waals surface area contributed by atoms with Gasteiger partial charge in [-0.3, -0.25) is 0 Å². The molecule has 8 heteroatoms. The Hall–Kier alpha value is -3.13. The molecule has 1 aromatic heterocycles. The minimum atomic E-state index is -0.0491. The molecule has 0 aliphatic carbocycles. The first-order chi connectivity index (χ1) is 12.5. The molecule has 134 valence electrons. The zero-order valence-corrected chi connectivity index (χ0v) is 15.3. The Morgan fingerprint density at radius 2 is 1.92 bits per heavy atom. The van der Waals surface area contributed by atoms with Crippen LogP contribution in [0.3, 0.4) is 0 Å². The number of hydrogen-bond donors (Lipinski definition) is 3. The number of aromatic amines is 1. The molecule has 0 aliphatic rings. The summed E-state index contributed by atoms with van der Waals surface area (Å²) in [6.45, 7) is 1.95. The number of thiocarbonyl (C=S) groups is 1. The maximum atomic E-state index is 10.1. The number of aromatic nitrogens is 1. The second-order valence-electron chi connectivity index (χ2n) is 5.52. The van der Waals surface area contributed by atoms with Crippen molar-refractivity contribution in [3.63, 3.8) is 0 Å². The molecule has 3 rings (SSSR count). The van der Waals surface area contributed by atoms with E-state index in [0.29, 0.717) is 22.9 Å². The number of benzene rings is 2. The van der Waals surface area contributed by atoms with Crippen molar-refractivity contribution in [1.29, 1.82) is 0 Å². The Kier molecular flexibility index (Phi) is 5.04. The average Bonchev–Trinajstić information content (AvgIpc) is 2.96. The zero-order valence-electron chi connectivity index (χ0n) is 14.5. The first kappa shape index (κ1) is 17.7. The fourth-order valence-electron chi connectivity index (χ4n) is 2.60. The monoisotopic (exact) mass is 370 g/mol. The highest BCUT2D eigenvalue weighted by molar-refractivity contribution is 7.80. The zero-order chi connectivity index (χ0) is 18.7. The van der Waals surface area contributed by atoms with Gasteiger partial charge in [-0.15, -0.1) is 10.2 Å². The van der Waals surface area contributed by atoms with Gasteiger partial charge in [-0.1, -0.05) is 18.2 Å². The minimum Gasteiger partial charge on any atom is -0.493 e. The van der Waals surface area contributed by atoms with Gasteiger partial charge >= 0.3 is 0 Å². The lowest BCUT2D eigenvalue weighted by atomic mass is 10.1. The van der Waals surface area contributed by atoms with E-state index in [2.05, 4.69) is 20.5 Å². The second kappa shape index (κ2) is 7.40. The molecule has 0 fully saturated rings. The van der Waals surface area contributed by atoms with E-state index < -0.39 is 0 Å². The van der Waals surface area contributed by atoms with Gasteiger partial charge in [-0.25, -0.2) is 0 Å². The number of aryl methyl sites for hydroxylation is 1. The molecule has 2 aromatic carbocycles. The molecule has 26 heavy (non-hydrogen) atoms. The summed E-state index contributed by atoms with van der Waals surface area (Å²) >= 11 is 5.21. The van der Waals surface area contributed by atoms with Crippen molar-refractivity contribution in [2.75, 3.05) is 19.5 Å². The number of rotatable bonds is 4. The van der Waals surface area contributed by atoms with Gasteiger partial charge in [-0.05, 0) is 36.8 Å². The second-order valence-corrected chi connectivity index (χ2v) is 5.91. The number of fused-ring (bicyclic) bond motifs is 1. The molecule has 1 heterocycles. The van der Waals surface area contributed by atoms with E-state index >= 15 is 0 Å². The number of para-hydroxylation sites is 1. The summed E-state index contributed by atoms with van der Waals surface area (Å²) in [6.07, 6.45) is 0. The number of methoxy groups -OCH3 is 2. The van der Waals surface area contributed by atoms with Crippen molar-refractivity contribution in [2.24, 2.45) is 10.2 Å². The van der Waals surface area contributed by atoms with Crippen LogP contribution < -0.4 is 14.8 Å².